The molecule has 0 nitrogen and oxygen atoms in total. The lowest BCUT2D eigenvalue weighted by atomic mass is 10.1. The van der Waals surface area contributed by atoms with Gasteiger partial charge in [0.1, 0.15) is 0 Å². The highest BCUT2D eigenvalue weighted by Crippen LogP contribution is 1.99. The Balaban J connectivity index is 2.63. The zero-order valence-corrected chi connectivity index (χ0v) is 4.70. The van der Waals surface area contributed by atoms with Crippen molar-refractivity contribution in [1.82, 2.24) is 0 Å². The first-order valence-electron chi connectivity index (χ1n) is 2.60. The van der Waals surface area contributed by atoms with Crippen LogP contribution in [-0.2, 0) is 0 Å². The molecule has 38 valence electrons. The third kappa shape index (κ3) is 4.00. The monoisotopic (exact) mass is 85.1 g/mol. The second-order valence-electron chi connectivity index (χ2n) is 1.89. The molecule has 0 spiro atoms. The van der Waals surface area contributed by atoms with Crippen molar-refractivity contribution in [2.75, 3.05) is 0 Å². The molecule has 0 aromatic carbocycles. The number of rotatable bonds is 2. The molecule has 0 fully saturated rings. The SMILES string of the molecule is [CH2-]C(C)CCC. The maximum absolute atomic E-state index is 3.83. The molecule has 0 radical (unpaired) electrons. The molecule has 0 bridgehead atoms. The quantitative estimate of drug-likeness (QED) is 0.451. The highest BCUT2D eigenvalue weighted by Gasteiger charge is 1.77. The van der Waals surface area contributed by atoms with Crippen molar-refractivity contribution in [3.05, 3.63) is 6.92 Å². The van der Waals surface area contributed by atoms with E-state index in [0.717, 1.165) is 0 Å². The molecule has 0 aliphatic rings. The van der Waals surface area contributed by atoms with Crippen molar-refractivity contribution in [2.45, 2.75) is 26.7 Å². The minimum Gasteiger partial charge on any atom is -0.341 e. The van der Waals surface area contributed by atoms with Crippen LogP contribution in [0.15, 0.2) is 0 Å². The van der Waals surface area contributed by atoms with Crippen molar-refractivity contribution in [2.24, 2.45) is 5.92 Å². The Hall–Kier alpha value is 0. The Morgan fingerprint density at radius 2 is 2.17 bits per heavy atom. The van der Waals surface area contributed by atoms with Gasteiger partial charge in [0.25, 0.3) is 0 Å². The van der Waals surface area contributed by atoms with Crippen LogP contribution < -0.4 is 0 Å². The number of hydrogen-bond acceptors (Lipinski definition) is 0. The minimum atomic E-state index is 0.648. The van der Waals surface area contributed by atoms with Crippen LogP contribution >= 0.6 is 0 Å². The molecular weight excluding hydrogens is 72.1 g/mol. The average Bonchev–Trinajstić information content (AvgIpc) is 1.35. The first-order valence-corrected chi connectivity index (χ1v) is 2.60. The van der Waals surface area contributed by atoms with Gasteiger partial charge in [0, 0.05) is 0 Å². The molecular formula is C6H13-. The van der Waals surface area contributed by atoms with Crippen LogP contribution in [0.1, 0.15) is 26.7 Å². The largest absolute Gasteiger partial charge is 0.341 e. The van der Waals surface area contributed by atoms with Gasteiger partial charge in [-0.15, -0.1) is 0 Å². The molecule has 0 aromatic rings. The van der Waals surface area contributed by atoms with Gasteiger partial charge in [-0.05, 0) is 0 Å². The summed E-state index contributed by atoms with van der Waals surface area (Å²) in [4.78, 5) is 0. The highest BCUT2D eigenvalue weighted by molar-refractivity contribution is 4.50. The van der Waals surface area contributed by atoms with E-state index in [1.165, 1.54) is 12.8 Å². The van der Waals surface area contributed by atoms with E-state index >= 15 is 0 Å². The Kier molecular flexibility index (Phi) is 3.20. The Labute approximate surface area is 40.6 Å². The smallest absolute Gasteiger partial charge is 0.0584 e. The molecule has 0 heterocycles. The molecule has 0 rings (SSSR count). The van der Waals surface area contributed by atoms with Gasteiger partial charge in [-0.2, -0.15) is 5.92 Å². The minimum absolute atomic E-state index is 0.648. The Morgan fingerprint density at radius 1 is 1.67 bits per heavy atom. The average molecular weight is 85.2 g/mol. The van der Waals surface area contributed by atoms with Crippen molar-refractivity contribution >= 4 is 0 Å². The van der Waals surface area contributed by atoms with E-state index < -0.39 is 0 Å². The molecule has 0 N–H and O–H groups in total. The molecule has 0 amide bonds. The summed E-state index contributed by atoms with van der Waals surface area (Å²) in [7, 11) is 0. The van der Waals surface area contributed by atoms with Crippen LogP contribution in [0.4, 0.5) is 0 Å². The third-order valence-corrected chi connectivity index (χ3v) is 0.781. The number of hydrogen-bond donors (Lipinski definition) is 0. The first kappa shape index (κ1) is 6.00. The van der Waals surface area contributed by atoms with E-state index in [2.05, 4.69) is 20.8 Å². The van der Waals surface area contributed by atoms with Gasteiger partial charge in [-0.1, -0.05) is 26.7 Å². The van der Waals surface area contributed by atoms with E-state index in [0.29, 0.717) is 5.92 Å². The van der Waals surface area contributed by atoms with E-state index in [4.69, 9.17) is 0 Å². The lowest BCUT2D eigenvalue weighted by Gasteiger charge is -2.04. The predicted molar refractivity (Wildman–Crippen MR) is 29.4 cm³/mol. The first-order chi connectivity index (χ1) is 2.77. The predicted octanol–water partition coefficient (Wildman–Crippen LogP) is 2.26. The normalized spacial score (nSPS) is 14.5. The lowest BCUT2D eigenvalue weighted by Crippen LogP contribution is -1.82. The second-order valence-corrected chi connectivity index (χ2v) is 1.89. The standard InChI is InChI=1S/C6H13/c1-4-5-6(2)3/h6H,2,4-5H2,1,3H3/q-1. The molecule has 0 aromatic heterocycles. The van der Waals surface area contributed by atoms with Crippen LogP contribution in [0.5, 0.6) is 0 Å². The molecule has 0 aliphatic carbocycles. The van der Waals surface area contributed by atoms with Crippen molar-refractivity contribution in [3.63, 3.8) is 0 Å². The summed E-state index contributed by atoms with van der Waals surface area (Å²) in [5.74, 6) is 0.648. The Morgan fingerprint density at radius 3 is 2.17 bits per heavy atom. The van der Waals surface area contributed by atoms with E-state index in [-0.39, 0.29) is 0 Å². The topological polar surface area (TPSA) is 0 Å². The van der Waals surface area contributed by atoms with Gasteiger partial charge in [0.15, 0.2) is 0 Å². The van der Waals surface area contributed by atoms with Crippen LogP contribution in [0.25, 0.3) is 0 Å². The van der Waals surface area contributed by atoms with Gasteiger partial charge in [-0.25, -0.2) is 0 Å². The molecule has 0 saturated carbocycles. The maximum Gasteiger partial charge on any atom is -0.0584 e. The summed E-state index contributed by atoms with van der Waals surface area (Å²) >= 11 is 0. The van der Waals surface area contributed by atoms with Gasteiger partial charge < -0.3 is 6.92 Å². The zero-order chi connectivity index (χ0) is 4.99. The molecule has 6 heavy (non-hydrogen) atoms. The van der Waals surface area contributed by atoms with E-state index in [1.807, 2.05) is 0 Å². The molecule has 1 atom stereocenters. The summed E-state index contributed by atoms with van der Waals surface area (Å²) in [6.07, 6.45) is 2.53. The fourth-order valence-electron chi connectivity index (χ4n) is 0.493. The van der Waals surface area contributed by atoms with Crippen LogP contribution in [0, 0.1) is 12.8 Å². The lowest BCUT2D eigenvalue weighted by molar-refractivity contribution is 0.630. The Bertz CT molecular complexity index is 21.2. The van der Waals surface area contributed by atoms with Gasteiger partial charge in [0.05, 0.1) is 0 Å². The van der Waals surface area contributed by atoms with E-state index in [1.54, 1.807) is 0 Å². The summed E-state index contributed by atoms with van der Waals surface area (Å²) < 4.78 is 0. The summed E-state index contributed by atoms with van der Waals surface area (Å²) in [6.45, 7) is 8.15. The third-order valence-electron chi connectivity index (χ3n) is 0.781. The zero-order valence-electron chi connectivity index (χ0n) is 4.70. The van der Waals surface area contributed by atoms with Crippen LogP contribution in [-0.4, -0.2) is 0 Å². The van der Waals surface area contributed by atoms with E-state index in [9.17, 15) is 0 Å². The molecule has 0 aliphatic heterocycles. The summed E-state index contributed by atoms with van der Waals surface area (Å²) in [6, 6.07) is 0. The van der Waals surface area contributed by atoms with Gasteiger partial charge >= 0.3 is 0 Å². The summed E-state index contributed by atoms with van der Waals surface area (Å²) in [5, 5.41) is 0. The van der Waals surface area contributed by atoms with Crippen LogP contribution in [0.3, 0.4) is 0 Å². The fraction of sp³-hybridized carbons (Fsp3) is 0.833. The fourth-order valence-corrected chi connectivity index (χ4v) is 0.493. The van der Waals surface area contributed by atoms with Crippen LogP contribution in [0.2, 0.25) is 0 Å². The van der Waals surface area contributed by atoms with Gasteiger partial charge in [-0.3, -0.25) is 0 Å². The molecule has 0 heteroatoms. The van der Waals surface area contributed by atoms with Gasteiger partial charge in [0.2, 0.25) is 0 Å². The maximum atomic E-state index is 3.83. The molecule has 1 unspecified atom stereocenters. The molecule has 0 saturated heterocycles. The van der Waals surface area contributed by atoms with Crippen molar-refractivity contribution in [3.8, 4) is 0 Å². The summed E-state index contributed by atoms with van der Waals surface area (Å²) in [5.41, 5.74) is 0. The second kappa shape index (κ2) is 3.20. The van der Waals surface area contributed by atoms with Crippen molar-refractivity contribution in [1.29, 1.82) is 0 Å². The van der Waals surface area contributed by atoms with Crippen molar-refractivity contribution < 1.29 is 0 Å². The highest BCUT2D eigenvalue weighted by atomic mass is 13.9.